The average Bonchev–Trinajstić information content (AvgIpc) is 3.36. The molecule has 1 amide bonds. The van der Waals surface area contributed by atoms with Gasteiger partial charge >= 0.3 is 0 Å². The van der Waals surface area contributed by atoms with E-state index in [0.29, 0.717) is 35.1 Å². The van der Waals surface area contributed by atoms with E-state index in [1.54, 1.807) is 6.33 Å². The quantitative estimate of drug-likeness (QED) is 0.349. The summed E-state index contributed by atoms with van der Waals surface area (Å²) in [5.41, 5.74) is 9.77. The van der Waals surface area contributed by atoms with E-state index in [1.807, 2.05) is 48.5 Å². The molecule has 1 aliphatic carbocycles. The van der Waals surface area contributed by atoms with Crippen molar-refractivity contribution in [3.8, 4) is 22.6 Å². The molecule has 208 valence electrons. The summed E-state index contributed by atoms with van der Waals surface area (Å²) < 4.78 is 8.40. The normalized spacial score (nSPS) is 20.4. The first kappa shape index (κ1) is 26.3. The lowest BCUT2D eigenvalue weighted by atomic mass is 9.89. The number of fused-ring (bicyclic) bond motifs is 1. The monoisotopic (exact) mass is 539 g/mol. The highest BCUT2D eigenvalue weighted by atomic mass is 16.5. The maximum Gasteiger partial charge on any atom is 0.221 e. The molecule has 1 saturated heterocycles. The second-order valence-corrected chi connectivity index (χ2v) is 11.0. The maximum absolute atomic E-state index is 12.1. The standard InChI is InChI=1S/C31H37N7O2/c1-21(39)35-27-18-22(8-13-28(27)40-25-6-4-3-5-7-25)26-19-38(31-29(26)30(32)33-20-34-31)24-11-9-23(10-12-24)37-16-14-36(2)15-17-37/h3-8,13,18-20,23-24H,9-12,14-17H2,1-2H3,(H,35,39)(H2,32,33,34). The summed E-state index contributed by atoms with van der Waals surface area (Å²) in [7, 11) is 2.21. The summed E-state index contributed by atoms with van der Waals surface area (Å²) in [5, 5.41) is 3.78. The number of ether oxygens (including phenoxy) is 1. The molecular weight excluding hydrogens is 502 g/mol. The fourth-order valence-corrected chi connectivity index (χ4v) is 6.18. The molecule has 2 aromatic carbocycles. The van der Waals surface area contributed by atoms with Crippen LogP contribution in [-0.4, -0.2) is 69.5 Å². The Morgan fingerprint density at radius 2 is 1.70 bits per heavy atom. The van der Waals surface area contributed by atoms with E-state index in [-0.39, 0.29) is 5.91 Å². The van der Waals surface area contributed by atoms with Gasteiger partial charge in [0.05, 0.1) is 11.1 Å². The van der Waals surface area contributed by atoms with Gasteiger partial charge in [0.1, 0.15) is 23.5 Å². The number of nitrogens with two attached hydrogens (primary N) is 1. The molecule has 1 aliphatic heterocycles. The van der Waals surface area contributed by atoms with Crippen LogP contribution in [0.15, 0.2) is 61.1 Å². The first-order valence-corrected chi connectivity index (χ1v) is 14.1. The maximum atomic E-state index is 12.1. The fraction of sp³-hybridized carbons (Fsp3) is 0.387. The summed E-state index contributed by atoms with van der Waals surface area (Å²) in [6.07, 6.45) is 8.29. The lowest BCUT2D eigenvalue weighted by molar-refractivity contribution is -0.114. The van der Waals surface area contributed by atoms with Gasteiger partial charge in [-0.2, -0.15) is 0 Å². The van der Waals surface area contributed by atoms with Gasteiger partial charge in [-0.1, -0.05) is 24.3 Å². The topological polar surface area (TPSA) is 102 Å². The third-order valence-electron chi connectivity index (χ3n) is 8.32. The van der Waals surface area contributed by atoms with Crippen LogP contribution in [0.3, 0.4) is 0 Å². The van der Waals surface area contributed by atoms with Crippen molar-refractivity contribution in [3.63, 3.8) is 0 Å². The second kappa shape index (κ2) is 11.3. The number of amides is 1. The Morgan fingerprint density at radius 3 is 2.42 bits per heavy atom. The molecule has 4 aromatic rings. The van der Waals surface area contributed by atoms with Crippen molar-refractivity contribution < 1.29 is 9.53 Å². The summed E-state index contributed by atoms with van der Waals surface area (Å²) >= 11 is 0. The van der Waals surface area contributed by atoms with Gasteiger partial charge in [0.25, 0.3) is 0 Å². The Hall–Kier alpha value is -3.95. The number of nitrogens with one attached hydrogen (secondary N) is 1. The lowest BCUT2D eigenvalue weighted by Gasteiger charge is -2.41. The Balaban J connectivity index is 1.31. The highest BCUT2D eigenvalue weighted by Gasteiger charge is 2.30. The molecule has 9 heteroatoms. The molecule has 0 atom stereocenters. The molecule has 9 nitrogen and oxygen atoms in total. The van der Waals surface area contributed by atoms with E-state index in [4.69, 9.17) is 10.5 Å². The molecule has 6 rings (SSSR count). The first-order chi connectivity index (χ1) is 19.5. The zero-order chi connectivity index (χ0) is 27.6. The predicted octanol–water partition coefficient (Wildman–Crippen LogP) is 5.16. The number of nitrogen functional groups attached to an aromatic ring is 1. The Labute approximate surface area is 235 Å². The van der Waals surface area contributed by atoms with Crippen molar-refractivity contribution in [1.29, 1.82) is 0 Å². The van der Waals surface area contributed by atoms with Crippen LogP contribution in [0.25, 0.3) is 22.2 Å². The number of para-hydroxylation sites is 1. The van der Waals surface area contributed by atoms with Crippen LogP contribution in [-0.2, 0) is 4.79 Å². The van der Waals surface area contributed by atoms with Crippen molar-refractivity contribution in [1.82, 2.24) is 24.3 Å². The third-order valence-corrected chi connectivity index (χ3v) is 8.32. The molecule has 2 fully saturated rings. The minimum absolute atomic E-state index is 0.169. The molecule has 3 N–H and O–H groups in total. The minimum atomic E-state index is -0.169. The van der Waals surface area contributed by atoms with Crippen LogP contribution in [0.1, 0.15) is 38.6 Å². The number of rotatable bonds is 6. The van der Waals surface area contributed by atoms with Gasteiger partial charge in [-0.3, -0.25) is 9.69 Å². The molecule has 2 aromatic heterocycles. The van der Waals surface area contributed by atoms with Crippen molar-refractivity contribution in [3.05, 3.63) is 61.1 Å². The van der Waals surface area contributed by atoms with Crippen molar-refractivity contribution in [2.45, 2.75) is 44.7 Å². The number of hydrogen-bond donors (Lipinski definition) is 2. The van der Waals surface area contributed by atoms with E-state index in [2.05, 4.69) is 42.9 Å². The van der Waals surface area contributed by atoms with E-state index in [9.17, 15) is 4.79 Å². The predicted molar refractivity (Wildman–Crippen MR) is 159 cm³/mol. The van der Waals surface area contributed by atoms with E-state index >= 15 is 0 Å². The number of nitrogens with zero attached hydrogens (tertiary/aromatic N) is 5. The number of benzene rings is 2. The van der Waals surface area contributed by atoms with Crippen LogP contribution in [0.5, 0.6) is 11.5 Å². The van der Waals surface area contributed by atoms with Crippen LogP contribution < -0.4 is 15.8 Å². The minimum Gasteiger partial charge on any atom is -0.455 e. The highest BCUT2D eigenvalue weighted by Crippen LogP contribution is 2.41. The lowest BCUT2D eigenvalue weighted by Crippen LogP contribution is -2.49. The van der Waals surface area contributed by atoms with Crippen LogP contribution in [0, 0.1) is 0 Å². The summed E-state index contributed by atoms with van der Waals surface area (Å²) in [5.74, 6) is 1.55. The Bertz CT molecular complexity index is 1490. The van der Waals surface area contributed by atoms with Crippen LogP contribution in [0.4, 0.5) is 11.5 Å². The van der Waals surface area contributed by atoms with Gasteiger partial charge in [0.2, 0.25) is 5.91 Å². The molecule has 0 unspecified atom stereocenters. The number of piperazine rings is 1. The van der Waals surface area contributed by atoms with Crippen LogP contribution in [0.2, 0.25) is 0 Å². The first-order valence-electron chi connectivity index (χ1n) is 14.1. The third kappa shape index (κ3) is 5.39. The molecule has 0 bridgehead atoms. The summed E-state index contributed by atoms with van der Waals surface area (Å²) in [6.45, 7) is 6.11. The van der Waals surface area contributed by atoms with Crippen molar-refractivity contribution >= 4 is 28.4 Å². The number of carbonyl (C=O) groups excluding carboxylic acids is 1. The van der Waals surface area contributed by atoms with Gasteiger partial charge in [-0.25, -0.2) is 9.97 Å². The van der Waals surface area contributed by atoms with Gasteiger partial charge in [0, 0.05) is 56.9 Å². The molecular formula is C31H37N7O2. The van der Waals surface area contributed by atoms with Crippen LogP contribution >= 0.6 is 0 Å². The Morgan fingerprint density at radius 1 is 0.975 bits per heavy atom. The number of hydrogen-bond acceptors (Lipinski definition) is 7. The smallest absolute Gasteiger partial charge is 0.221 e. The number of likely N-dealkylation sites (N-methyl/N-ethyl adjacent to an activating group) is 1. The molecule has 40 heavy (non-hydrogen) atoms. The number of anilines is 2. The van der Waals surface area contributed by atoms with E-state index in [1.165, 1.54) is 19.8 Å². The summed E-state index contributed by atoms with van der Waals surface area (Å²) in [4.78, 5) is 26.2. The largest absolute Gasteiger partial charge is 0.455 e. The van der Waals surface area contributed by atoms with Crippen molar-refractivity contribution in [2.75, 3.05) is 44.3 Å². The van der Waals surface area contributed by atoms with Gasteiger partial charge in [-0.15, -0.1) is 0 Å². The number of aromatic nitrogens is 3. The SMILES string of the molecule is CC(=O)Nc1cc(-c2cn(C3CCC(N4CCN(C)CC4)CC3)c3ncnc(N)c23)ccc1Oc1ccccc1. The van der Waals surface area contributed by atoms with E-state index < -0.39 is 0 Å². The Kier molecular flexibility index (Phi) is 7.40. The fourth-order valence-electron chi connectivity index (χ4n) is 6.18. The van der Waals surface area contributed by atoms with Gasteiger partial charge in [0.15, 0.2) is 5.75 Å². The molecule has 2 aliphatic rings. The molecule has 0 spiro atoms. The molecule has 1 saturated carbocycles. The van der Waals surface area contributed by atoms with E-state index in [0.717, 1.165) is 61.2 Å². The summed E-state index contributed by atoms with van der Waals surface area (Å²) in [6, 6.07) is 16.4. The number of carbonyl (C=O) groups is 1. The van der Waals surface area contributed by atoms with Gasteiger partial charge < -0.3 is 25.3 Å². The zero-order valence-electron chi connectivity index (χ0n) is 23.2. The van der Waals surface area contributed by atoms with Crippen molar-refractivity contribution in [2.24, 2.45) is 0 Å². The zero-order valence-corrected chi connectivity index (χ0v) is 23.2. The molecule has 0 radical (unpaired) electrons. The second-order valence-electron chi connectivity index (χ2n) is 11.0. The van der Waals surface area contributed by atoms with Gasteiger partial charge in [-0.05, 0) is 62.6 Å². The average molecular weight is 540 g/mol. The highest BCUT2D eigenvalue weighted by molar-refractivity contribution is 6.02. The molecule has 3 heterocycles.